The maximum Gasteiger partial charge on any atom is 0.120 e. The Morgan fingerprint density at radius 2 is 2.00 bits per heavy atom. The highest BCUT2D eigenvalue weighted by Gasteiger charge is 2.34. The van der Waals surface area contributed by atoms with Crippen molar-refractivity contribution in [3.05, 3.63) is 66.1 Å². The van der Waals surface area contributed by atoms with Crippen molar-refractivity contribution >= 4 is 10.9 Å². The lowest BCUT2D eigenvalue weighted by Gasteiger charge is -2.39. The number of fused-ring (bicyclic) bond motifs is 1. The Labute approximate surface area is 170 Å². The number of piperidine rings is 1. The van der Waals surface area contributed by atoms with Gasteiger partial charge in [-0.05, 0) is 50.1 Å². The van der Waals surface area contributed by atoms with Crippen LogP contribution in [-0.2, 0) is 5.60 Å². The Morgan fingerprint density at radius 3 is 2.76 bits per heavy atom. The Kier molecular flexibility index (Phi) is 5.76. The van der Waals surface area contributed by atoms with Crippen LogP contribution in [-0.4, -0.2) is 57.4 Å². The Morgan fingerprint density at radius 1 is 1.17 bits per heavy atom. The number of β-amino-alcohol motifs (C(OH)–C–C–N with tert-alkyl or cyclic N) is 1. The second kappa shape index (κ2) is 8.45. The van der Waals surface area contributed by atoms with Crippen molar-refractivity contribution in [3.8, 4) is 5.75 Å². The molecule has 2 aromatic heterocycles. The molecule has 1 fully saturated rings. The minimum absolute atomic E-state index is 0.230. The Balaban J connectivity index is 1.27. The molecule has 3 aromatic rings. The molecule has 1 aromatic carbocycles. The first-order valence-electron chi connectivity index (χ1n) is 10.1. The van der Waals surface area contributed by atoms with Crippen LogP contribution in [0.3, 0.4) is 0 Å². The molecular formula is C23H27N3O3. The van der Waals surface area contributed by atoms with E-state index < -0.39 is 11.7 Å². The predicted octanol–water partition coefficient (Wildman–Crippen LogP) is 2.66. The fourth-order valence-corrected chi connectivity index (χ4v) is 3.87. The number of ether oxygens (including phenoxy) is 1. The molecule has 0 saturated carbocycles. The lowest BCUT2D eigenvalue weighted by Crippen LogP contribution is -2.46. The molecule has 0 aliphatic carbocycles. The molecule has 6 heteroatoms. The number of aryl methyl sites for hydroxylation is 1. The van der Waals surface area contributed by atoms with Gasteiger partial charge in [0.05, 0.1) is 11.1 Å². The zero-order valence-electron chi connectivity index (χ0n) is 16.7. The van der Waals surface area contributed by atoms with Crippen LogP contribution in [0.15, 0.2) is 54.9 Å². The molecule has 0 bridgehead atoms. The van der Waals surface area contributed by atoms with Crippen LogP contribution in [0.1, 0.15) is 24.1 Å². The molecule has 0 amide bonds. The van der Waals surface area contributed by atoms with Gasteiger partial charge in [0.15, 0.2) is 0 Å². The Bertz CT molecular complexity index is 956. The van der Waals surface area contributed by atoms with E-state index in [2.05, 4.69) is 14.9 Å². The van der Waals surface area contributed by atoms with Gasteiger partial charge in [0, 0.05) is 48.7 Å². The van der Waals surface area contributed by atoms with Crippen molar-refractivity contribution in [2.75, 3.05) is 26.2 Å². The van der Waals surface area contributed by atoms with Gasteiger partial charge >= 0.3 is 0 Å². The average molecular weight is 393 g/mol. The maximum atomic E-state index is 10.9. The number of aromatic nitrogens is 2. The summed E-state index contributed by atoms with van der Waals surface area (Å²) in [5.41, 5.74) is 1.96. The molecule has 1 atom stereocenters. The van der Waals surface area contributed by atoms with Crippen molar-refractivity contribution in [2.45, 2.75) is 31.5 Å². The first kappa shape index (κ1) is 19.8. The van der Waals surface area contributed by atoms with E-state index in [9.17, 15) is 10.2 Å². The van der Waals surface area contributed by atoms with Crippen molar-refractivity contribution in [1.29, 1.82) is 0 Å². The van der Waals surface area contributed by atoms with Crippen molar-refractivity contribution in [2.24, 2.45) is 0 Å². The molecule has 2 N–H and O–H groups in total. The molecule has 0 spiro atoms. The number of aliphatic hydroxyl groups is 2. The van der Waals surface area contributed by atoms with Crippen LogP contribution < -0.4 is 4.74 Å². The number of likely N-dealkylation sites (tertiary alicyclic amines) is 1. The monoisotopic (exact) mass is 393 g/mol. The normalized spacial score (nSPS) is 17.9. The van der Waals surface area contributed by atoms with Crippen LogP contribution in [0.2, 0.25) is 0 Å². The van der Waals surface area contributed by atoms with E-state index in [1.165, 1.54) is 0 Å². The highest BCUT2D eigenvalue weighted by molar-refractivity contribution is 5.80. The zero-order valence-corrected chi connectivity index (χ0v) is 16.7. The summed E-state index contributed by atoms with van der Waals surface area (Å²) in [7, 11) is 0. The van der Waals surface area contributed by atoms with Gasteiger partial charge < -0.3 is 19.8 Å². The van der Waals surface area contributed by atoms with Crippen molar-refractivity contribution < 1.29 is 14.9 Å². The molecule has 0 unspecified atom stereocenters. The van der Waals surface area contributed by atoms with E-state index in [1.807, 2.05) is 49.4 Å². The standard InChI is InChI=1S/C23H27N3O3/c1-17-4-5-18-13-21(6-7-22(18)25-17)29-16-20(27)15-26-11-8-23(28,9-12-26)19-3-2-10-24-14-19/h2-7,10,13-14,20,27-28H,8-9,11-12,15-16H2,1H3/t20-/m1/s1. The summed E-state index contributed by atoms with van der Waals surface area (Å²) in [5.74, 6) is 0.729. The minimum atomic E-state index is -0.830. The van der Waals surface area contributed by atoms with Gasteiger partial charge in [0.25, 0.3) is 0 Å². The first-order valence-corrected chi connectivity index (χ1v) is 10.1. The van der Waals surface area contributed by atoms with Crippen molar-refractivity contribution in [1.82, 2.24) is 14.9 Å². The molecular weight excluding hydrogens is 366 g/mol. The van der Waals surface area contributed by atoms with Gasteiger partial charge in [-0.15, -0.1) is 0 Å². The van der Waals surface area contributed by atoms with E-state index in [1.54, 1.807) is 12.4 Å². The molecule has 6 nitrogen and oxygen atoms in total. The van der Waals surface area contributed by atoms with Gasteiger partial charge in [-0.3, -0.25) is 9.97 Å². The summed E-state index contributed by atoms with van der Waals surface area (Å²) < 4.78 is 5.80. The number of benzene rings is 1. The van der Waals surface area contributed by atoms with Gasteiger partial charge in [0.2, 0.25) is 0 Å². The summed E-state index contributed by atoms with van der Waals surface area (Å²) in [4.78, 5) is 10.8. The number of rotatable bonds is 6. The molecule has 3 heterocycles. The highest BCUT2D eigenvalue weighted by atomic mass is 16.5. The zero-order chi connectivity index (χ0) is 20.3. The molecule has 1 aliphatic rings. The van der Waals surface area contributed by atoms with Crippen LogP contribution in [0.4, 0.5) is 0 Å². The highest BCUT2D eigenvalue weighted by Crippen LogP contribution is 2.32. The smallest absolute Gasteiger partial charge is 0.120 e. The lowest BCUT2D eigenvalue weighted by atomic mass is 9.85. The molecule has 29 heavy (non-hydrogen) atoms. The lowest BCUT2D eigenvalue weighted by molar-refractivity contribution is -0.0374. The predicted molar refractivity (Wildman–Crippen MR) is 112 cm³/mol. The van der Waals surface area contributed by atoms with E-state index in [0.717, 1.165) is 41.0 Å². The van der Waals surface area contributed by atoms with Crippen molar-refractivity contribution in [3.63, 3.8) is 0 Å². The summed E-state index contributed by atoms with van der Waals surface area (Å²) in [5, 5.41) is 22.3. The third-order valence-corrected chi connectivity index (χ3v) is 5.59. The number of hydrogen-bond donors (Lipinski definition) is 2. The quantitative estimate of drug-likeness (QED) is 0.670. The van der Waals surface area contributed by atoms with E-state index in [-0.39, 0.29) is 6.61 Å². The minimum Gasteiger partial charge on any atom is -0.491 e. The van der Waals surface area contributed by atoms with E-state index in [4.69, 9.17) is 4.74 Å². The van der Waals surface area contributed by atoms with Gasteiger partial charge in [-0.25, -0.2) is 0 Å². The SMILES string of the molecule is Cc1ccc2cc(OC[C@H](O)CN3CCC(O)(c4cccnc4)CC3)ccc2n1. The fourth-order valence-electron chi connectivity index (χ4n) is 3.87. The third kappa shape index (κ3) is 4.72. The van der Waals surface area contributed by atoms with Gasteiger partial charge in [0.1, 0.15) is 18.5 Å². The van der Waals surface area contributed by atoms with Crippen LogP contribution >= 0.6 is 0 Å². The molecule has 4 rings (SSSR count). The molecule has 0 radical (unpaired) electrons. The summed E-state index contributed by atoms with van der Waals surface area (Å²) in [6.45, 7) is 4.18. The third-order valence-electron chi connectivity index (χ3n) is 5.59. The first-order chi connectivity index (χ1) is 14.0. The summed E-state index contributed by atoms with van der Waals surface area (Å²) in [6.07, 6.45) is 4.11. The number of nitrogens with zero attached hydrogens (tertiary/aromatic N) is 3. The second-order valence-electron chi connectivity index (χ2n) is 7.85. The molecule has 1 aliphatic heterocycles. The molecule has 1 saturated heterocycles. The fraction of sp³-hybridized carbons (Fsp3) is 0.391. The largest absolute Gasteiger partial charge is 0.491 e. The second-order valence-corrected chi connectivity index (χ2v) is 7.85. The summed E-state index contributed by atoms with van der Waals surface area (Å²) >= 11 is 0. The van der Waals surface area contributed by atoms with E-state index in [0.29, 0.717) is 19.4 Å². The van der Waals surface area contributed by atoms with Crippen LogP contribution in [0.5, 0.6) is 5.75 Å². The number of pyridine rings is 2. The number of hydrogen-bond acceptors (Lipinski definition) is 6. The summed E-state index contributed by atoms with van der Waals surface area (Å²) in [6, 6.07) is 13.5. The average Bonchev–Trinajstić information content (AvgIpc) is 2.74. The maximum absolute atomic E-state index is 10.9. The van der Waals surface area contributed by atoms with Gasteiger partial charge in [-0.2, -0.15) is 0 Å². The molecule has 152 valence electrons. The van der Waals surface area contributed by atoms with Gasteiger partial charge in [-0.1, -0.05) is 12.1 Å². The topological polar surface area (TPSA) is 78.7 Å². The number of aliphatic hydroxyl groups excluding tert-OH is 1. The van der Waals surface area contributed by atoms with Crippen LogP contribution in [0, 0.1) is 6.92 Å². The van der Waals surface area contributed by atoms with Crippen LogP contribution in [0.25, 0.3) is 10.9 Å². The Hall–Kier alpha value is -2.54. The van der Waals surface area contributed by atoms with E-state index >= 15 is 0 Å².